The van der Waals surface area contributed by atoms with Crippen molar-refractivity contribution in [3.63, 3.8) is 0 Å². The van der Waals surface area contributed by atoms with Crippen LogP contribution >= 0.6 is 31.9 Å². The Hall–Kier alpha value is 0.920. The van der Waals surface area contributed by atoms with Gasteiger partial charge in [-0.05, 0) is 32.1 Å². The van der Waals surface area contributed by atoms with Gasteiger partial charge in [0.05, 0.1) is 21.4 Å². The lowest BCUT2D eigenvalue weighted by Crippen LogP contribution is -2.48. The highest BCUT2D eigenvalue weighted by molar-refractivity contribution is 9.13. The largest absolute Gasteiger partial charge is 0.375 e. The smallest absolute Gasteiger partial charge is 0.0745 e. The Labute approximate surface area is 96.9 Å². The average Bonchev–Trinajstić information content (AvgIpc) is 2.27. The maximum Gasteiger partial charge on any atom is 0.0745 e. The molecular formula is C10H16Br2O. The van der Waals surface area contributed by atoms with Gasteiger partial charge in [-0.15, -0.1) is 0 Å². The molecule has 0 bridgehead atoms. The fraction of sp³-hybridized carbons (Fsp3) is 1.00. The topological polar surface area (TPSA) is 9.23 Å². The molecule has 2 fully saturated rings. The van der Waals surface area contributed by atoms with E-state index in [9.17, 15) is 0 Å². The zero-order valence-electron chi connectivity index (χ0n) is 8.15. The molecule has 1 saturated heterocycles. The molecule has 1 nitrogen and oxygen atoms in total. The lowest BCUT2D eigenvalue weighted by molar-refractivity contribution is 0.0610. The molecule has 0 radical (unpaired) electrons. The molecule has 4 atom stereocenters. The molecule has 1 saturated carbocycles. The van der Waals surface area contributed by atoms with E-state index in [1.54, 1.807) is 0 Å². The average molecular weight is 312 g/mol. The second-order valence-corrected chi connectivity index (χ2v) is 7.90. The van der Waals surface area contributed by atoms with Crippen molar-refractivity contribution < 1.29 is 4.74 Å². The lowest BCUT2D eigenvalue weighted by atomic mass is 9.76. The third-order valence-corrected chi connectivity index (χ3v) is 6.80. The van der Waals surface area contributed by atoms with Gasteiger partial charge in [0.2, 0.25) is 0 Å². The van der Waals surface area contributed by atoms with Crippen LogP contribution in [0, 0.1) is 5.92 Å². The summed E-state index contributed by atoms with van der Waals surface area (Å²) in [5.41, 5.74) is 0. The lowest BCUT2D eigenvalue weighted by Gasteiger charge is -2.41. The number of alkyl halides is 2. The molecule has 0 spiro atoms. The summed E-state index contributed by atoms with van der Waals surface area (Å²) in [6.45, 7) is 5.38. The van der Waals surface area contributed by atoms with Crippen LogP contribution in [0.5, 0.6) is 0 Å². The van der Waals surface area contributed by atoms with Gasteiger partial charge in [-0.3, -0.25) is 0 Å². The first-order valence-electron chi connectivity index (χ1n) is 4.95. The molecule has 0 aromatic rings. The van der Waals surface area contributed by atoms with Crippen molar-refractivity contribution in [2.45, 2.75) is 47.9 Å². The molecule has 2 rings (SSSR count). The van der Waals surface area contributed by atoms with Gasteiger partial charge in [0.1, 0.15) is 0 Å². The summed E-state index contributed by atoms with van der Waals surface area (Å²) in [4.78, 5) is 0. The summed E-state index contributed by atoms with van der Waals surface area (Å²) in [5.74, 6) is 0.817. The van der Waals surface area contributed by atoms with Crippen molar-refractivity contribution in [3.05, 3.63) is 0 Å². The SMILES string of the molecule is CC1CCC2(Br)C(C1)OCC2(C)Br. The number of halogens is 2. The summed E-state index contributed by atoms with van der Waals surface area (Å²) in [6, 6.07) is 0. The fourth-order valence-corrected chi connectivity index (χ4v) is 3.71. The monoisotopic (exact) mass is 310 g/mol. The van der Waals surface area contributed by atoms with Gasteiger partial charge < -0.3 is 4.74 Å². The number of hydrogen-bond acceptors (Lipinski definition) is 1. The Balaban J connectivity index is 2.22. The normalized spacial score (nSPS) is 56.3. The van der Waals surface area contributed by atoms with Crippen LogP contribution in [0.2, 0.25) is 0 Å². The van der Waals surface area contributed by atoms with Crippen LogP contribution in [0.25, 0.3) is 0 Å². The first-order valence-corrected chi connectivity index (χ1v) is 6.54. The Bertz CT molecular complexity index is 217. The van der Waals surface area contributed by atoms with Crippen molar-refractivity contribution in [2.75, 3.05) is 6.61 Å². The van der Waals surface area contributed by atoms with Crippen molar-refractivity contribution in [3.8, 4) is 0 Å². The van der Waals surface area contributed by atoms with Crippen LogP contribution < -0.4 is 0 Å². The number of fused-ring (bicyclic) bond motifs is 1. The molecule has 0 N–H and O–H groups in total. The quantitative estimate of drug-likeness (QED) is 0.622. The van der Waals surface area contributed by atoms with Crippen LogP contribution in [0.15, 0.2) is 0 Å². The molecule has 0 amide bonds. The van der Waals surface area contributed by atoms with Gasteiger partial charge in [-0.1, -0.05) is 38.8 Å². The zero-order chi connectivity index (χ0) is 9.69. The van der Waals surface area contributed by atoms with Crippen LogP contribution in [-0.2, 0) is 4.74 Å². The van der Waals surface area contributed by atoms with Crippen LogP contribution in [0.4, 0.5) is 0 Å². The molecule has 2 aliphatic rings. The van der Waals surface area contributed by atoms with Crippen LogP contribution in [0.3, 0.4) is 0 Å². The van der Waals surface area contributed by atoms with Crippen molar-refractivity contribution >= 4 is 31.9 Å². The first-order chi connectivity index (χ1) is 5.96. The van der Waals surface area contributed by atoms with Crippen molar-refractivity contribution in [1.82, 2.24) is 0 Å². The second kappa shape index (κ2) is 3.21. The van der Waals surface area contributed by atoms with E-state index in [1.165, 1.54) is 19.3 Å². The minimum absolute atomic E-state index is 0.116. The van der Waals surface area contributed by atoms with Gasteiger partial charge in [0.15, 0.2) is 0 Å². The molecule has 1 aliphatic heterocycles. The molecule has 1 heterocycles. The van der Waals surface area contributed by atoms with E-state index >= 15 is 0 Å². The van der Waals surface area contributed by atoms with E-state index in [0.717, 1.165) is 12.5 Å². The third-order valence-electron chi connectivity index (χ3n) is 3.55. The van der Waals surface area contributed by atoms with Crippen molar-refractivity contribution in [2.24, 2.45) is 5.92 Å². The summed E-state index contributed by atoms with van der Waals surface area (Å²) in [7, 11) is 0. The molecule has 13 heavy (non-hydrogen) atoms. The van der Waals surface area contributed by atoms with E-state index in [4.69, 9.17) is 4.74 Å². The standard InChI is InChI=1S/C10H16Br2O/c1-7-3-4-10(12)8(5-7)13-6-9(10,2)11/h7-8H,3-6H2,1-2H3. The Morgan fingerprint density at radius 3 is 2.77 bits per heavy atom. The number of ether oxygens (including phenoxy) is 1. The molecule has 3 heteroatoms. The highest BCUT2D eigenvalue weighted by Gasteiger charge is 2.57. The van der Waals surface area contributed by atoms with Gasteiger partial charge in [0.25, 0.3) is 0 Å². The number of rotatable bonds is 0. The summed E-state index contributed by atoms with van der Waals surface area (Å²) >= 11 is 7.69. The molecule has 4 unspecified atom stereocenters. The number of hydrogen-bond donors (Lipinski definition) is 0. The summed E-state index contributed by atoms with van der Waals surface area (Å²) in [5, 5.41) is 0. The fourth-order valence-electron chi connectivity index (χ4n) is 2.46. The predicted molar refractivity (Wildman–Crippen MR) is 61.7 cm³/mol. The first kappa shape index (κ1) is 10.4. The van der Waals surface area contributed by atoms with E-state index in [2.05, 4.69) is 45.7 Å². The Kier molecular flexibility index (Phi) is 2.58. The molecule has 76 valence electrons. The van der Waals surface area contributed by atoms with Crippen molar-refractivity contribution in [1.29, 1.82) is 0 Å². The minimum atomic E-state index is 0.116. The Morgan fingerprint density at radius 2 is 2.08 bits per heavy atom. The Morgan fingerprint density at radius 1 is 1.38 bits per heavy atom. The van der Waals surface area contributed by atoms with Gasteiger partial charge in [-0.2, -0.15) is 0 Å². The van der Waals surface area contributed by atoms with Gasteiger partial charge >= 0.3 is 0 Å². The molecule has 0 aromatic carbocycles. The highest BCUT2D eigenvalue weighted by Crippen LogP contribution is 2.54. The summed E-state index contributed by atoms with van der Waals surface area (Å²) < 4.78 is 6.14. The van der Waals surface area contributed by atoms with E-state index in [-0.39, 0.29) is 8.65 Å². The second-order valence-electron chi connectivity index (χ2n) is 4.74. The van der Waals surface area contributed by atoms with Crippen LogP contribution in [0.1, 0.15) is 33.1 Å². The van der Waals surface area contributed by atoms with E-state index in [1.807, 2.05) is 0 Å². The van der Waals surface area contributed by atoms with E-state index in [0.29, 0.717) is 6.10 Å². The predicted octanol–water partition coefficient (Wildman–Crippen LogP) is 3.49. The third kappa shape index (κ3) is 1.51. The summed E-state index contributed by atoms with van der Waals surface area (Å²) in [6.07, 6.45) is 4.14. The highest BCUT2D eigenvalue weighted by atomic mass is 79.9. The molecule has 0 aromatic heterocycles. The minimum Gasteiger partial charge on any atom is -0.375 e. The molecule has 1 aliphatic carbocycles. The van der Waals surface area contributed by atoms with E-state index < -0.39 is 0 Å². The zero-order valence-corrected chi connectivity index (χ0v) is 11.3. The van der Waals surface area contributed by atoms with Gasteiger partial charge in [0, 0.05) is 0 Å². The maximum absolute atomic E-state index is 5.85. The van der Waals surface area contributed by atoms with Gasteiger partial charge in [-0.25, -0.2) is 0 Å². The molecular weight excluding hydrogens is 296 g/mol. The van der Waals surface area contributed by atoms with Crippen LogP contribution in [-0.4, -0.2) is 21.4 Å². The maximum atomic E-state index is 5.85.